The number of rotatable bonds is 4. The largest absolute Gasteiger partial charge is 0.417 e. The Morgan fingerprint density at radius 1 is 1.28 bits per heavy atom. The fourth-order valence-corrected chi connectivity index (χ4v) is 4.45. The van der Waals surface area contributed by atoms with Crippen molar-refractivity contribution in [3.05, 3.63) is 28.7 Å². The Morgan fingerprint density at radius 2 is 1.96 bits per heavy atom. The first kappa shape index (κ1) is 17.4. The van der Waals surface area contributed by atoms with Crippen LogP contribution in [0.1, 0.15) is 27.2 Å². The zero-order chi connectivity index (χ0) is 18.6. The molecule has 8 nitrogen and oxygen atoms in total. The van der Waals surface area contributed by atoms with Crippen molar-refractivity contribution in [3.8, 4) is 0 Å². The normalized spacial score (nSPS) is 22.4. The van der Waals surface area contributed by atoms with E-state index in [2.05, 4.69) is 9.71 Å². The van der Waals surface area contributed by atoms with Crippen LogP contribution in [0, 0.1) is 17.3 Å². The van der Waals surface area contributed by atoms with Crippen LogP contribution >= 0.6 is 0 Å². The molecule has 2 N–H and O–H groups in total. The monoisotopic (exact) mass is 366 g/mol. The van der Waals surface area contributed by atoms with Crippen LogP contribution in [0.4, 0.5) is 0 Å². The average molecular weight is 366 g/mol. The van der Waals surface area contributed by atoms with Gasteiger partial charge in [0.1, 0.15) is 5.78 Å². The summed E-state index contributed by atoms with van der Waals surface area (Å²) in [4.78, 5) is 37.3. The van der Waals surface area contributed by atoms with Gasteiger partial charge in [-0.3, -0.25) is 14.6 Å². The van der Waals surface area contributed by atoms with Crippen molar-refractivity contribution in [2.75, 3.05) is 0 Å². The number of hydrogen-bond acceptors (Lipinski definition) is 6. The quantitative estimate of drug-likeness (QED) is 0.836. The third-order valence-corrected chi connectivity index (χ3v) is 6.36. The molecule has 134 valence electrons. The molecule has 2 atom stereocenters. The number of sulfonamides is 1. The Hall–Kier alpha value is -2.42. The lowest BCUT2D eigenvalue weighted by molar-refractivity contribution is -0.147. The summed E-state index contributed by atoms with van der Waals surface area (Å²) >= 11 is 0. The van der Waals surface area contributed by atoms with Crippen molar-refractivity contribution in [2.45, 2.75) is 32.1 Å². The summed E-state index contributed by atoms with van der Waals surface area (Å²) in [6.45, 7) is 5.02. The second-order valence-corrected chi connectivity index (χ2v) is 8.60. The number of benzene rings is 1. The van der Waals surface area contributed by atoms with E-state index in [1.165, 1.54) is 25.1 Å². The number of Topliss-reactive ketones (excluding diaryl/α,β-unsaturated/α-hetero) is 1. The van der Waals surface area contributed by atoms with Crippen molar-refractivity contribution in [3.63, 3.8) is 0 Å². The fourth-order valence-electron chi connectivity index (χ4n) is 3.42. The van der Waals surface area contributed by atoms with E-state index in [0.29, 0.717) is 11.9 Å². The summed E-state index contributed by atoms with van der Waals surface area (Å²) < 4.78 is 31.8. The standard InChI is InChI=1S/C16H18N2O6S/c1-8(19)10-7-11(16(10,2)3)14(20)18-25(22,23)9-4-5-12-13(6-9)24-15(21)17-12/h4-6,10-11H,7H2,1-3H3,(H,17,21)(H,18,20)/t10-,11+/m0/s1. The van der Waals surface area contributed by atoms with Crippen LogP contribution in [0.3, 0.4) is 0 Å². The minimum atomic E-state index is -4.11. The molecule has 1 aliphatic rings. The number of fused-ring (bicyclic) bond motifs is 1. The van der Waals surface area contributed by atoms with Crippen molar-refractivity contribution in [1.29, 1.82) is 0 Å². The molecule has 1 aromatic carbocycles. The van der Waals surface area contributed by atoms with Gasteiger partial charge in [-0.25, -0.2) is 17.9 Å². The summed E-state index contributed by atoms with van der Waals surface area (Å²) in [6.07, 6.45) is 0.329. The van der Waals surface area contributed by atoms with Crippen LogP contribution in [-0.4, -0.2) is 25.1 Å². The van der Waals surface area contributed by atoms with Crippen molar-refractivity contribution in [2.24, 2.45) is 17.3 Å². The number of hydrogen-bond donors (Lipinski definition) is 2. The lowest BCUT2D eigenvalue weighted by Crippen LogP contribution is -2.55. The van der Waals surface area contributed by atoms with E-state index < -0.39 is 33.0 Å². The van der Waals surface area contributed by atoms with Crippen molar-refractivity contribution < 1.29 is 22.4 Å². The SMILES string of the molecule is CC(=O)[C@@H]1C[C@H](C(=O)NS(=O)(=O)c2ccc3[nH]c(=O)oc3c2)C1(C)C. The Bertz CT molecular complexity index is 1030. The molecule has 9 heteroatoms. The van der Waals surface area contributed by atoms with Crippen LogP contribution in [0.5, 0.6) is 0 Å². The van der Waals surface area contributed by atoms with Crippen LogP contribution in [0.15, 0.2) is 32.3 Å². The van der Waals surface area contributed by atoms with Crippen molar-refractivity contribution in [1.82, 2.24) is 9.71 Å². The minimum absolute atomic E-state index is 0.00940. The van der Waals surface area contributed by atoms with E-state index in [0.717, 1.165) is 0 Å². The Balaban J connectivity index is 1.82. The molecular formula is C16H18N2O6S. The van der Waals surface area contributed by atoms with Gasteiger partial charge in [0, 0.05) is 17.9 Å². The number of aromatic amines is 1. The molecule has 1 amide bonds. The second-order valence-electron chi connectivity index (χ2n) is 6.92. The summed E-state index contributed by atoms with van der Waals surface area (Å²) in [5.41, 5.74) is -0.149. The molecule has 1 fully saturated rings. The number of oxazole rings is 1. The highest BCUT2D eigenvalue weighted by atomic mass is 32.2. The van der Waals surface area contributed by atoms with Gasteiger partial charge in [0.15, 0.2) is 5.58 Å². The summed E-state index contributed by atoms with van der Waals surface area (Å²) in [6, 6.07) is 3.83. The predicted octanol–water partition coefficient (Wildman–Crippen LogP) is 1.18. The Morgan fingerprint density at radius 3 is 2.56 bits per heavy atom. The maximum absolute atomic E-state index is 12.4. The number of aromatic nitrogens is 1. The van der Waals surface area contributed by atoms with Gasteiger partial charge in [-0.1, -0.05) is 13.8 Å². The van der Waals surface area contributed by atoms with Gasteiger partial charge >= 0.3 is 5.76 Å². The molecule has 0 unspecified atom stereocenters. The molecule has 0 saturated heterocycles. The zero-order valence-corrected chi connectivity index (χ0v) is 14.8. The fraction of sp³-hybridized carbons (Fsp3) is 0.438. The molecule has 1 aliphatic carbocycles. The highest BCUT2D eigenvalue weighted by Gasteiger charge is 2.54. The molecule has 1 heterocycles. The molecular weight excluding hydrogens is 348 g/mol. The van der Waals surface area contributed by atoms with E-state index in [1.807, 2.05) is 0 Å². The summed E-state index contributed by atoms with van der Waals surface area (Å²) in [5.74, 6) is -2.16. The molecule has 3 rings (SSSR count). The van der Waals surface area contributed by atoms with Crippen LogP contribution < -0.4 is 10.5 Å². The Kier molecular flexibility index (Phi) is 3.86. The van der Waals surface area contributed by atoms with Gasteiger partial charge in [-0.05, 0) is 30.9 Å². The molecule has 0 radical (unpaired) electrons. The highest BCUT2D eigenvalue weighted by Crippen LogP contribution is 2.51. The van der Waals surface area contributed by atoms with E-state index in [-0.39, 0.29) is 22.2 Å². The van der Waals surface area contributed by atoms with Gasteiger partial charge in [-0.15, -0.1) is 0 Å². The topological polar surface area (TPSA) is 126 Å². The van der Waals surface area contributed by atoms with Crippen LogP contribution in [0.25, 0.3) is 11.1 Å². The molecule has 1 aromatic heterocycles. The van der Waals surface area contributed by atoms with Gasteiger partial charge in [0.25, 0.3) is 10.0 Å². The molecule has 1 saturated carbocycles. The third kappa shape index (κ3) is 2.88. The van der Waals surface area contributed by atoms with Crippen LogP contribution in [-0.2, 0) is 19.6 Å². The number of carbonyl (C=O) groups excluding carboxylic acids is 2. The maximum Gasteiger partial charge on any atom is 0.417 e. The average Bonchev–Trinajstić information content (AvgIpc) is 2.84. The minimum Gasteiger partial charge on any atom is -0.408 e. The molecule has 25 heavy (non-hydrogen) atoms. The zero-order valence-electron chi connectivity index (χ0n) is 14.0. The first-order chi connectivity index (χ1) is 11.5. The summed E-state index contributed by atoms with van der Waals surface area (Å²) in [7, 11) is -4.11. The summed E-state index contributed by atoms with van der Waals surface area (Å²) in [5, 5.41) is 0. The lowest BCUT2D eigenvalue weighted by atomic mass is 9.53. The van der Waals surface area contributed by atoms with Crippen molar-refractivity contribution >= 4 is 32.8 Å². The first-order valence-corrected chi connectivity index (χ1v) is 9.20. The second kappa shape index (κ2) is 5.55. The van der Waals surface area contributed by atoms with Crippen LogP contribution in [0.2, 0.25) is 0 Å². The number of H-pyrrole nitrogens is 1. The Labute approximate surface area is 143 Å². The lowest BCUT2D eigenvalue weighted by Gasteiger charge is -2.49. The molecule has 2 aromatic rings. The van der Waals surface area contributed by atoms with Gasteiger partial charge in [-0.2, -0.15) is 0 Å². The van der Waals surface area contributed by atoms with E-state index >= 15 is 0 Å². The highest BCUT2D eigenvalue weighted by molar-refractivity contribution is 7.90. The van der Waals surface area contributed by atoms with Gasteiger partial charge < -0.3 is 4.42 Å². The first-order valence-electron chi connectivity index (χ1n) is 7.72. The van der Waals surface area contributed by atoms with Gasteiger partial charge in [0.2, 0.25) is 5.91 Å². The third-order valence-electron chi connectivity index (χ3n) is 5.01. The number of carbonyl (C=O) groups is 2. The molecule has 0 aliphatic heterocycles. The molecule has 0 spiro atoms. The van der Waals surface area contributed by atoms with E-state index in [9.17, 15) is 22.8 Å². The maximum atomic E-state index is 12.4. The number of ketones is 1. The van der Waals surface area contributed by atoms with E-state index in [1.54, 1.807) is 13.8 Å². The number of amides is 1. The van der Waals surface area contributed by atoms with Gasteiger partial charge in [0.05, 0.1) is 10.4 Å². The number of nitrogens with one attached hydrogen (secondary N) is 2. The molecule has 0 bridgehead atoms. The smallest absolute Gasteiger partial charge is 0.408 e. The van der Waals surface area contributed by atoms with E-state index in [4.69, 9.17) is 4.42 Å². The predicted molar refractivity (Wildman–Crippen MR) is 88.2 cm³/mol.